The number of hydrogen-bond donors (Lipinski definition) is 2. The SMILES string of the molecule is CCOc1cc([C@@H](N)CC(=O)O)ccc1OC.Cl. The van der Waals surface area contributed by atoms with Crippen molar-refractivity contribution in [1.29, 1.82) is 0 Å². The lowest BCUT2D eigenvalue weighted by Gasteiger charge is -2.14. The van der Waals surface area contributed by atoms with Crippen molar-refractivity contribution in [3.8, 4) is 11.5 Å². The molecule has 5 nitrogen and oxygen atoms in total. The molecule has 1 aromatic rings. The number of hydrogen-bond acceptors (Lipinski definition) is 4. The summed E-state index contributed by atoms with van der Waals surface area (Å²) in [5.41, 5.74) is 6.49. The van der Waals surface area contributed by atoms with Crippen molar-refractivity contribution >= 4 is 18.4 Å². The smallest absolute Gasteiger partial charge is 0.305 e. The Balaban J connectivity index is 0.00000289. The van der Waals surface area contributed by atoms with Crippen LogP contribution >= 0.6 is 12.4 Å². The molecule has 0 spiro atoms. The Bertz CT molecular complexity index is 398. The standard InChI is InChI=1S/C12H17NO4.ClH/c1-3-17-11-6-8(4-5-10(11)16-2)9(13)7-12(14)15;/h4-6,9H,3,7,13H2,1-2H3,(H,14,15);1H/t9-;/m0./s1. The van der Waals surface area contributed by atoms with Crippen molar-refractivity contribution in [3.05, 3.63) is 23.8 Å². The Morgan fingerprint density at radius 1 is 1.44 bits per heavy atom. The molecule has 0 aliphatic carbocycles. The van der Waals surface area contributed by atoms with Gasteiger partial charge in [-0.25, -0.2) is 0 Å². The van der Waals surface area contributed by atoms with Crippen LogP contribution in [0.5, 0.6) is 11.5 Å². The molecule has 0 fully saturated rings. The Morgan fingerprint density at radius 2 is 2.11 bits per heavy atom. The molecule has 6 heteroatoms. The van der Waals surface area contributed by atoms with Crippen LogP contribution in [0, 0.1) is 0 Å². The molecule has 1 rings (SSSR count). The number of aliphatic carboxylic acids is 1. The summed E-state index contributed by atoms with van der Waals surface area (Å²) in [6.45, 7) is 2.37. The third kappa shape index (κ3) is 4.43. The second kappa shape index (κ2) is 7.79. The van der Waals surface area contributed by atoms with Crippen LogP contribution in [0.4, 0.5) is 0 Å². The van der Waals surface area contributed by atoms with E-state index in [1.807, 2.05) is 6.92 Å². The van der Waals surface area contributed by atoms with Crippen molar-refractivity contribution < 1.29 is 19.4 Å². The van der Waals surface area contributed by atoms with Crippen LogP contribution in [-0.4, -0.2) is 24.8 Å². The predicted octanol–water partition coefficient (Wildman–Crippen LogP) is 1.99. The minimum absolute atomic E-state index is 0. The lowest BCUT2D eigenvalue weighted by atomic mass is 10.0. The molecule has 0 aromatic heterocycles. The van der Waals surface area contributed by atoms with E-state index in [9.17, 15) is 4.79 Å². The summed E-state index contributed by atoms with van der Waals surface area (Å²) in [7, 11) is 1.55. The number of benzene rings is 1. The summed E-state index contributed by atoms with van der Waals surface area (Å²) in [6, 6.07) is 4.64. The molecular formula is C12H18ClNO4. The maximum Gasteiger partial charge on any atom is 0.305 e. The Morgan fingerprint density at radius 3 is 2.61 bits per heavy atom. The number of carboxylic acids is 1. The average molecular weight is 276 g/mol. The van der Waals surface area contributed by atoms with Crippen LogP contribution < -0.4 is 15.2 Å². The van der Waals surface area contributed by atoms with Crippen molar-refractivity contribution in [2.75, 3.05) is 13.7 Å². The molecule has 1 aromatic carbocycles. The summed E-state index contributed by atoms with van der Waals surface area (Å²) in [5.74, 6) is 0.262. The molecule has 0 amide bonds. The first kappa shape index (κ1) is 16.5. The number of carbonyl (C=O) groups is 1. The van der Waals surface area contributed by atoms with Crippen molar-refractivity contribution in [2.45, 2.75) is 19.4 Å². The third-order valence-corrected chi connectivity index (χ3v) is 2.31. The molecule has 102 valence electrons. The molecule has 1 atom stereocenters. The maximum atomic E-state index is 10.6. The van der Waals surface area contributed by atoms with E-state index in [-0.39, 0.29) is 18.8 Å². The molecule has 0 unspecified atom stereocenters. The topological polar surface area (TPSA) is 81.8 Å². The van der Waals surface area contributed by atoms with Crippen molar-refractivity contribution in [1.82, 2.24) is 0 Å². The number of methoxy groups -OCH3 is 1. The van der Waals surface area contributed by atoms with E-state index in [0.717, 1.165) is 5.56 Å². The molecule has 0 heterocycles. The highest BCUT2D eigenvalue weighted by Crippen LogP contribution is 2.30. The van der Waals surface area contributed by atoms with Gasteiger partial charge in [-0.05, 0) is 24.6 Å². The van der Waals surface area contributed by atoms with Crippen LogP contribution in [0.3, 0.4) is 0 Å². The van der Waals surface area contributed by atoms with Gasteiger partial charge in [0, 0.05) is 6.04 Å². The zero-order valence-corrected chi connectivity index (χ0v) is 11.2. The number of rotatable bonds is 6. The van der Waals surface area contributed by atoms with Gasteiger partial charge in [-0.2, -0.15) is 0 Å². The monoisotopic (exact) mass is 275 g/mol. The molecule has 3 N–H and O–H groups in total. The number of ether oxygens (including phenoxy) is 2. The van der Waals surface area contributed by atoms with Gasteiger partial charge in [0.2, 0.25) is 0 Å². The molecular weight excluding hydrogens is 258 g/mol. The van der Waals surface area contributed by atoms with Gasteiger partial charge in [-0.3, -0.25) is 4.79 Å². The number of carboxylic acid groups (broad SMARTS) is 1. The third-order valence-electron chi connectivity index (χ3n) is 2.31. The molecule has 0 saturated carbocycles. The second-order valence-corrected chi connectivity index (χ2v) is 3.55. The zero-order valence-electron chi connectivity index (χ0n) is 10.4. The summed E-state index contributed by atoms with van der Waals surface area (Å²) in [6.07, 6.45) is -0.113. The van der Waals surface area contributed by atoms with Gasteiger partial charge in [0.15, 0.2) is 11.5 Å². The first-order valence-corrected chi connectivity index (χ1v) is 5.36. The molecule has 18 heavy (non-hydrogen) atoms. The maximum absolute atomic E-state index is 10.6. The fourth-order valence-corrected chi connectivity index (χ4v) is 1.50. The van der Waals surface area contributed by atoms with E-state index in [1.165, 1.54) is 0 Å². The quantitative estimate of drug-likeness (QED) is 0.830. The zero-order chi connectivity index (χ0) is 12.8. The largest absolute Gasteiger partial charge is 0.493 e. The summed E-state index contributed by atoms with van der Waals surface area (Å²) < 4.78 is 10.5. The van der Waals surface area contributed by atoms with Gasteiger partial charge < -0.3 is 20.3 Å². The van der Waals surface area contributed by atoms with Gasteiger partial charge >= 0.3 is 5.97 Å². The minimum atomic E-state index is -0.925. The molecule has 0 bridgehead atoms. The number of nitrogens with two attached hydrogens (primary N) is 1. The summed E-state index contributed by atoms with van der Waals surface area (Å²) in [5, 5.41) is 8.68. The molecule has 0 saturated heterocycles. The highest BCUT2D eigenvalue weighted by Gasteiger charge is 2.13. The minimum Gasteiger partial charge on any atom is -0.493 e. The Hall–Kier alpha value is -1.46. The molecule has 0 aliphatic heterocycles. The number of halogens is 1. The van der Waals surface area contributed by atoms with Gasteiger partial charge in [-0.1, -0.05) is 6.07 Å². The highest BCUT2D eigenvalue weighted by molar-refractivity contribution is 5.85. The van der Waals surface area contributed by atoms with Crippen LogP contribution in [0.25, 0.3) is 0 Å². The fraction of sp³-hybridized carbons (Fsp3) is 0.417. The second-order valence-electron chi connectivity index (χ2n) is 3.55. The van der Waals surface area contributed by atoms with Gasteiger partial charge in [0.1, 0.15) is 0 Å². The lowest BCUT2D eigenvalue weighted by molar-refractivity contribution is -0.137. The predicted molar refractivity (Wildman–Crippen MR) is 70.6 cm³/mol. The van der Waals surface area contributed by atoms with E-state index >= 15 is 0 Å². The van der Waals surface area contributed by atoms with Gasteiger partial charge in [0.25, 0.3) is 0 Å². The van der Waals surface area contributed by atoms with Crippen LogP contribution in [-0.2, 0) is 4.79 Å². The fourth-order valence-electron chi connectivity index (χ4n) is 1.50. The van der Waals surface area contributed by atoms with Crippen LogP contribution in [0.15, 0.2) is 18.2 Å². The lowest BCUT2D eigenvalue weighted by Crippen LogP contribution is -2.15. The normalized spacial score (nSPS) is 11.3. The van der Waals surface area contributed by atoms with Crippen LogP contribution in [0.2, 0.25) is 0 Å². The summed E-state index contributed by atoms with van der Waals surface area (Å²) in [4.78, 5) is 10.6. The first-order valence-electron chi connectivity index (χ1n) is 5.36. The molecule has 0 aliphatic rings. The van der Waals surface area contributed by atoms with E-state index in [1.54, 1.807) is 25.3 Å². The van der Waals surface area contributed by atoms with Crippen LogP contribution in [0.1, 0.15) is 24.9 Å². The van der Waals surface area contributed by atoms with E-state index in [2.05, 4.69) is 0 Å². The van der Waals surface area contributed by atoms with E-state index in [0.29, 0.717) is 18.1 Å². The average Bonchev–Trinajstić information content (AvgIpc) is 2.28. The van der Waals surface area contributed by atoms with E-state index < -0.39 is 12.0 Å². The Kier molecular flexibility index (Phi) is 7.16. The van der Waals surface area contributed by atoms with Gasteiger partial charge in [0.05, 0.1) is 20.1 Å². The van der Waals surface area contributed by atoms with Crippen molar-refractivity contribution in [3.63, 3.8) is 0 Å². The Labute approximate surface area is 112 Å². The first-order chi connectivity index (χ1) is 8.08. The summed E-state index contributed by atoms with van der Waals surface area (Å²) >= 11 is 0. The van der Waals surface area contributed by atoms with Crippen molar-refractivity contribution in [2.24, 2.45) is 5.73 Å². The highest BCUT2D eigenvalue weighted by atomic mass is 35.5. The van der Waals surface area contributed by atoms with Gasteiger partial charge in [-0.15, -0.1) is 12.4 Å². The van der Waals surface area contributed by atoms with E-state index in [4.69, 9.17) is 20.3 Å². The molecule has 0 radical (unpaired) electrons.